The van der Waals surface area contributed by atoms with Crippen molar-refractivity contribution in [2.45, 2.75) is 13.5 Å². The van der Waals surface area contributed by atoms with Gasteiger partial charge >= 0.3 is 0 Å². The zero-order valence-corrected chi connectivity index (χ0v) is 13.9. The molecule has 0 N–H and O–H groups in total. The Morgan fingerprint density at radius 1 is 1.33 bits per heavy atom. The van der Waals surface area contributed by atoms with Gasteiger partial charge in [0.2, 0.25) is 5.91 Å². The van der Waals surface area contributed by atoms with Gasteiger partial charge in [0.1, 0.15) is 6.54 Å². The van der Waals surface area contributed by atoms with E-state index in [0.29, 0.717) is 18.7 Å². The van der Waals surface area contributed by atoms with E-state index < -0.39 is 0 Å². The molecular weight excluding hydrogens is 304 g/mol. The third-order valence-corrected chi connectivity index (χ3v) is 3.99. The number of para-hydroxylation sites is 1. The Bertz CT molecular complexity index is 795. The Balaban J connectivity index is 1.76. The highest BCUT2D eigenvalue weighted by Crippen LogP contribution is 2.24. The number of carbonyl (C=O) groups excluding carboxylic acids is 2. The summed E-state index contributed by atoms with van der Waals surface area (Å²) in [5, 5.41) is 4.31. The van der Waals surface area contributed by atoms with Crippen LogP contribution in [-0.2, 0) is 11.3 Å². The summed E-state index contributed by atoms with van der Waals surface area (Å²) in [6, 6.07) is 9.65. The summed E-state index contributed by atoms with van der Waals surface area (Å²) in [7, 11) is 1.72. The first-order valence-corrected chi connectivity index (χ1v) is 7.77. The van der Waals surface area contributed by atoms with Crippen LogP contribution in [0.4, 0.5) is 0 Å². The number of hydrogen-bond donors (Lipinski definition) is 0. The number of hydrogen-bond acceptors (Lipinski definition) is 3. The molecule has 1 aromatic heterocycles. The van der Waals surface area contributed by atoms with Crippen LogP contribution in [0.15, 0.2) is 48.7 Å². The zero-order chi connectivity index (χ0) is 17.3. The Hall–Kier alpha value is -2.89. The van der Waals surface area contributed by atoms with E-state index in [-0.39, 0.29) is 18.4 Å². The number of aromatic nitrogens is 2. The lowest BCUT2D eigenvalue weighted by Crippen LogP contribution is -2.39. The fraction of sp³-hybridized carbons (Fsp3) is 0.278. The Kier molecular flexibility index (Phi) is 4.20. The lowest BCUT2D eigenvalue weighted by atomic mass is 10.2. The van der Waals surface area contributed by atoms with Gasteiger partial charge in [-0.1, -0.05) is 30.4 Å². The van der Waals surface area contributed by atoms with Gasteiger partial charge < -0.3 is 9.80 Å². The molecule has 0 unspecified atom stereocenters. The molecular formula is C18H20N4O2. The molecule has 0 aliphatic carbocycles. The van der Waals surface area contributed by atoms with E-state index in [4.69, 9.17) is 0 Å². The molecule has 6 nitrogen and oxygen atoms in total. The van der Waals surface area contributed by atoms with Crippen molar-refractivity contribution in [3.8, 4) is 5.69 Å². The van der Waals surface area contributed by atoms with Crippen LogP contribution >= 0.6 is 0 Å². The van der Waals surface area contributed by atoms with Crippen LogP contribution in [0.2, 0.25) is 0 Å². The number of amides is 2. The van der Waals surface area contributed by atoms with Crippen LogP contribution in [0.25, 0.3) is 5.69 Å². The zero-order valence-electron chi connectivity index (χ0n) is 13.9. The largest absolute Gasteiger partial charge is 0.340 e. The quantitative estimate of drug-likeness (QED) is 0.789. The van der Waals surface area contributed by atoms with Gasteiger partial charge in [-0.2, -0.15) is 5.10 Å². The molecule has 3 rings (SSSR count). The maximum atomic E-state index is 12.5. The lowest BCUT2D eigenvalue weighted by molar-refractivity contribution is -0.130. The Morgan fingerprint density at radius 2 is 2.04 bits per heavy atom. The standard InChI is InChI=1S/C18H20N4O2/c1-13(2)10-20(3)17(23)12-21-11-16-15(18(21)24)9-19-22(16)14-7-5-4-6-8-14/h4-9H,1,10-12H2,2-3H3. The van der Waals surface area contributed by atoms with E-state index in [1.54, 1.807) is 27.7 Å². The van der Waals surface area contributed by atoms with E-state index >= 15 is 0 Å². The predicted octanol–water partition coefficient (Wildman–Crippen LogP) is 1.86. The second-order valence-electron chi connectivity index (χ2n) is 6.12. The molecule has 24 heavy (non-hydrogen) atoms. The molecule has 2 amide bonds. The third-order valence-electron chi connectivity index (χ3n) is 3.99. The van der Waals surface area contributed by atoms with Gasteiger partial charge in [0, 0.05) is 13.6 Å². The number of rotatable bonds is 5. The van der Waals surface area contributed by atoms with Crippen molar-refractivity contribution in [2.24, 2.45) is 0 Å². The first-order valence-electron chi connectivity index (χ1n) is 7.77. The first kappa shape index (κ1) is 16.0. The molecule has 0 saturated heterocycles. The van der Waals surface area contributed by atoms with Crippen LogP contribution in [-0.4, -0.2) is 51.5 Å². The van der Waals surface area contributed by atoms with Crippen molar-refractivity contribution in [3.63, 3.8) is 0 Å². The molecule has 0 saturated carbocycles. The number of nitrogens with zero attached hydrogens (tertiary/aromatic N) is 4. The highest BCUT2D eigenvalue weighted by molar-refractivity contribution is 5.99. The van der Waals surface area contributed by atoms with Gasteiger partial charge in [0.05, 0.1) is 29.7 Å². The molecule has 0 atom stereocenters. The molecule has 0 spiro atoms. The molecule has 0 fully saturated rings. The Morgan fingerprint density at radius 3 is 2.71 bits per heavy atom. The van der Waals surface area contributed by atoms with E-state index in [1.807, 2.05) is 37.3 Å². The van der Waals surface area contributed by atoms with E-state index in [9.17, 15) is 9.59 Å². The average molecular weight is 324 g/mol. The fourth-order valence-corrected chi connectivity index (χ4v) is 2.82. The lowest BCUT2D eigenvalue weighted by Gasteiger charge is -2.21. The second-order valence-corrected chi connectivity index (χ2v) is 6.12. The normalized spacial score (nSPS) is 13.1. The maximum Gasteiger partial charge on any atom is 0.258 e. The minimum Gasteiger partial charge on any atom is -0.340 e. The maximum absolute atomic E-state index is 12.5. The van der Waals surface area contributed by atoms with Crippen LogP contribution < -0.4 is 0 Å². The molecule has 1 aromatic carbocycles. The SMILES string of the molecule is C=C(C)CN(C)C(=O)CN1Cc2c(cnn2-c2ccccc2)C1=O. The van der Waals surface area contributed by atoms with Crippen molar-refractivity contribution in [2.75, 3.05) is 20.1 Å². The molecule has 6 heteroatoms. The first-order chi connectivity index (χ1) is 11.5. The second kappa shape index (κ2) is 6.31. The van der Waals surface area contributed by atoms with Crippen molar-refractivity contribution in [1.82, 2.24) is 19.6 Å². The van der Waals surface area contributed by atoms with Crippen molar-refractivity contribution < 1.29 is 9.59 Å². The third kappa shape index (κ3) is 2.95. The van der Waals surface area contributed by atoms with Crippen molar-refractivity contribution in [3.05, 3.63) is 59.9 Å². The Labute approximate surface area is 141 Å². The minimum atomic E-state index is -0.149. The van der Waals surface area contributed by atoms with Crippen LogP contribution in [0.5, 0.6) is 0 Å². The minimum absolute atomic E-state index is 0.0616. The summed E-state index contributed by atoms with van der Waals surface area (Å²) in [5.41, 5.74) is 3.19. The van der Waals surface area contributed by atoms with Crippen molar-refractivity contribution in [1.29, 1.82) is 0 Å². The van der Waals surface area contributed by atoms with E-state index in [2.05, 4.69) is 11.7 Å². The number of benzene rings is 1. The molecule has 0 bridgehead atoms. The topological polar surface area (TPSA) is 58.4 Å². The van der Waals surface area contributed by atoms with Gasteiger partial charge in [-0.05, 0) is 19.1 Å². The smallest absolute Gasteiger partial charge is 0.258 e. The number of fused-ring (bicyclic) bond motifs is 1. The summed E-state index contributed by atoms with van der Waals surface area (Å²) >= 11 is 0. The molecule has 2 aromatic rings. The van der Waals surface area contributed by atoms with Gasteiger partial charge in [-0.25, -0.2) is 4.68 Å². The summed E-state index contributed by atoms with van der Waals surface area (Å²) < 4.78 is 1.76. The van der Waals surface area contributed by atoms with E-state index in [0.717, 1.165) is 17.0 Å². The molecule has 124 valence electrons. The number of carbonyl (C=O) groups is 2. The van der Waals surface area contributed by atoms with Crippen LogP contribution in [0.3, 0.4) is 0 Å². The van der Waals surface area contributed by atoms with Gasteiger partial charge in [-0.3, -0.25) is 9.59 Å². The van der Waals surface area contributed by atoms with Crippen LogP contribution in [0, 0.1) is 0 Å². The molecule has 2 heterocycles. The summed E-state index contributed by atoms with van der Waals surface area (Å²) in [5.74, 6) is -0.250. The van der Waals surface area contributed by atoms with Gasteiger partial charge in [0.25, 0.3) is 5.91 Å². The molecule has 1 aliphatic heterocycles. The predicted molar refractivity (Wildman–Crippen MR) is 90.8 cm³/mol. The van der Waals surface area contributed by atoms with Gasteiger partial charge in [0.15, 0.2) is 0 Å². The molecule has 1 aliphatic rings. The highest BCUT2D eigenvalue weighted by atomic mass is 16.2. The monoisotopic (exact) mass is 324 g/mol. The summed E-state index contributed by atoms with van der Waals surface area (Å²) in [6.45, 7) is 6.62. The summed E-state index contributed by atoms with van der Waals surface area (Å²) in [4.78, 5) is 27.9. The van der Waals surface area contributed by atoms with E-state index in [1.165, 1.54) is 0 Å². The summed E-state index contributed by atoms with van der Waals surface area (Å²) in [6.07, 6.45) is 1.58. The van der Waals surface area contributed by atoms with Crippen molar-refractivity contribution >= 4 is 11.8 Å². The molecule has 0 radical (unpaired) electrons. The number of likely N-dealkylation sites (N-methyl/N-ethyl adjacent to an activating group) is 1. The van der Waals surface area contributed by atoms with Gasteiger partial charge in [-0.15, -0.1) is 0 Å². The highest BCUT2D eigenvalue weighted by Gasteiger charge is 2.33. The van der Waals surface area contributed by atoms with Crippen LogP contribution in [0.1, 0.15) is 23.0 Å². The average Bonchev–Trinajstić information content (AvgIpc) is 3.09. The fourth-order valence-electron chi connectivity index (χ4n) is 2.82.